The average Bonchev–Trinajstić information content (AvgIpc) is 2.14. The second-order valence-corrected chi connectivity index (χ2v) is 6.22. The van der Waals surface area contributed by atoms with Gasteiger partial charge >= 0.3 is 0 Å². The van der Waals surface area contributed by atoms with E-state index in [9.17, 15) is 0 Å². The van der Waals surface area contributed by atoms with E-state index in [0.29, 0.717) is 0 Å². The summed E-state index contributed by atoms with van der Waals surface area (Å²) >= 11 is 0. The summed E-state index contributed by atoms with van der Waals surface area (Å²) in [4.78, 5) is 0. The van der Waals surface area contributed by atoms with Gasteiger partial charge in [-0.25, -0.2) is 0 Å². The van der Waals surface area contributed by atoms with Crippen LogP contribution in [0.2, 0.25) is 0 Å². The van der Waals surface area contributed by atoms with Crippen LogP contribution in [0.1, 0.15) is 25.0 Å². The quantitative estimate of drug-likeness (QED) is 0.646. The molecule has 0 spiro atoms. The molecule has 0 bridgehead atoms. The fraction of sp³-hybridized carbons (Fsp3) is 0.500. The van der Waals surface area contributed by atoms with Crippen molar-refractivity contribution in [2.75, 3.05) is 12.3 Å². The fourth-order valence-corrected chi connectivity index (χ4v) is 3.72. The van der Waals surface area contributed by atoms with Gasteiger partial charge in [-0.15, -0.1) is 0 Å². The zero-order valence-electron chi connectivity index (χ0n) is 9.09. The first kappa shape index (κ1) is 10.7. The van der Waals surface area contributed by atoms with Gasteiger partial charge in [-0.05, 0) is 42.6 Å². The van der Waals surface area contributed by atoms with Gasteiger partial charge in [0.2, 0.25) is 0 Å². The first-order valence-electron chi connectivity index (χ1n) is 5.01. The molecule has 13 heavy (non-hydrogen) atoms. The van der Waals surface area contributed by atoms with Gasteiger partial charge in [-0.1, -0.05) is 40.0 Å². The third kappa shape index (κ3) is 2.31. The lowest BCUT2D eigenvalue weighted by molar-refractivity contribution is 1.35. The molecule has 0 saturated heterocycles. The van der Waals surface area contributed by atoms with E-state index in [2.05, 4.69) is 45.9 Å². The summed E-state index contributed by atoms with van der Waals surface area (Å²) in [5.41, 5.74) is 2.95. The Kier molecular flexibility index (Phi) is 3.93. The minimum Gasteiger partial charge on any atom is -0.0756 e. The van der Waals surface area contributed by atoms with Crippen molar-refractivity contribution in [2.24, 2.45) is 0 Å². The zero-order chi connectivity index (χ0) is 9.84. The number of hydrogen-bond acceptors (Lipinski definition) is 0. The predicted molar refractivity (Wildman–Crippen MR) is 63.6 cm³/mol. The molecule has 72 valence electrons. The molecule has 0 aliphatic heterocycles. The van der Waals surface area contributed by atoms with Crippen molar-refractivity contribution < 1.29 is 0 Å². The third-order valence-electron chi connectivity index (χ3n) is 2.68. The van der Waals surface area contributed by atoms with Crippen LogP contribution in [0.3, 0.4) is 0 Å². The summed E-state index contributed by atoms with van der Waals surface area (Å²) in [6.07, 6.45) is 2.63. The summed E-state index contributed by atoms with van der Waals surface area (Å²) in [5.74, 6) is 0. The highest BCUT2D eigenvalue weighted by molar-refractivity contribution is 7.65. The van der Waals surface area contributed by atoms with E-state index in [-0.39, 0.29) is 7.92 Å². The molecular weight excluding hydrogens is 175 g/mol. The normalized spacial score (nSPS) is 10.8. The molecule has 1 aromatic rings. The number of aryl methyl sites for hydroxylation is 1. The van der Waals surface area contributed by atoms with Crippen molar-refractivity contribution in [1.29, 1.82) is 0 Å². The maximum absolute atomic E-state index is 2.31. The summed E-state index contributed by atoms with van der Waals surface area (Å²) in [7, 11) is 0.112. The van der Waals surface area contributed by atoms with Crippen LogP contribution in [0, 0.1) is 13.8 Å². The maximum Gasteiger partial charge on any atom is -0.0209 e. The Balaban J connectivity index is 3.05. The molecule has 1 rings (SSSR count). The van der Waals surface area contributed by atoms with Gasteiger partial charge in [0.15, 0.2) is 0 Å². The highest BCUT2D eigenvalue weighted by atomic mass is 31.1. The van der Waals surface area contributed by atoms with Crippen molar-refractivity contribution in [3.8, 4) is 0 Å². The topological polar surface area (TPSA) is 0 Å². The van der Waals surface area contributed by atoms with Gasteiger partial charge < -0.3 is 0 Å². The molecule has 1 aromatic carbocycles. The van der Waals surface area contributed by atoms with Gasteiger partial charge in [-0.3, -0.25) is 0 Å². The standard InChI is InChI=1S/C12H19P/c1-5-13(6-2)12-9-7-8-10(3)11(12)4/h7-9H,5-6H2,1-4H3. The Morgan fingerprint density at radius 1 is 1.08 bits per heavy atom. The van der Waals surface area contributed by atoms with E-state index in [1.165, 1.54) is 23.5 Å². The van der Waals surface area contributed by atoms with E-state index >= 15 is 0 Å². The number of benzene rings is 1. The second kappa shape index (κ2) is 4.77. The third-order valence-corrected chi connectivity index (χ3v) is 5.37. The molecule has 0 N–H and O–H groups in total. The highest BCUT2D eigenvalue weighted by Gasteiger charge is 2.09. The molecule has 0 nitrogen and oxygen atoms in total. The minimum absolute atomic E-state index is 0.112. The van der Waals surface area contributed by atoms with Gasteiger partial charge in [0.05, 0.1) is 0 Å². The molecule has 0 fully saturated rings. The van der Waals surface area contributed by atoms with Gasteiger partial charge in [0.25, 0.3) is 0 Å². The Bertz CT molecular complexity index is 274. The lowest BCUT2D eigenvalue weighted by atomic mass is 10.1. The molecule has 0 aromatic heterocycles. The molecule has 0 aliphatic rings. The maximum atomic E-state index is 2.31. The summed E-state index contributed by atoms with van der Waals surface area (Å²) in [6, 6.07) is 6.71. The van der Waals surface area contributed by atoms with Crippen LogP contribution in [0.5, 0.6) is 0 Å². The minimum atomic E-state index is 0.112. The van der Waals surface area contributed by atoms with Crippen molar-refractivity contribution in [2.45, 2.75) is 27.7 Å². The van der Waals surface area contributed by atoms with E-state index < -0.39 is 0 Å². The van der Waals surface area contributed by atoms with E-state index in [4.69, 9.17) is 0 Å². The highest BCUT2D eigenvalue weighted by Crippen LogP contribution is 2.34. The summed E-state index contributed by atoms with van der Waals surface area (Å²) in [6.45, 7) is 9.07. The monoisotopic (exact) mass is 194 g/mol. The Morgan fingerprint density at radius 3 is 2.23 bits per heavy atom. The Labute approximate surface area is 83.1 Å². The number of rotatable bonds is 3. The van der Waals surface area contributed by atoms with Crippen molar-refractivity contribution in [3.05, 3.63) is 29.3 Å². The van der Waals surface area contributed by atoms with Gasteiger partial charge in [0, 0.05) is 0 Å². The van der Waals surface area contributed by atoms with Crippen molar-refractivity contribution in [3.63, 3.8) is 0 Å². The average molecular weight is 194 g/mol. The predicted octanol–water partition coefficient (Wildman–Crippen LogP) is 3.45. The largest absolute Gasteiger partial charge is 0.0756 e. The van der Waals surface area contributed by atoms with Gasteiger partial charge in [-0.2, -0.15) is 0 Å². The lowest BCUT2D eigenvalue weighted by Crippen LogP contribution is -2.09. The molecule has 0 radical (unpaired) electrons. The van der Waals surface area contributed by atoms with Crippen LogP contribution in [0.25, 0.3) is 0 Å². The smallest absolute Gasteiger partial charge is 0.0209 e. The van der Waals surface area contributed by atoms with Crippen LogP contribution in [-0.4, -0.2) is 12.3 Å². The first-order chi connectivity index (χ1) is 6.20. The zero-order valence-corrected chi connectivity index (χ0v) is 9.99. The van der Waals surface area contributed by atoms with Crippen LogP contribution in [0.4, 0.5) is 0 Å². The molecule has 0 saturated carbocycles. The van der Waals surface area contributed by atoms with Crippen LogP contribution in [0.15, 0.2) is 18.2 Å². The van der Waals surface area contributed by atoms with Crippen LogP contribution >= 0.6 is 7.92 Å². The Morgan fingerprint density at radius 2 is 1.69 bits per heavy atom. The molecule has 0 heterocycles. The molecule has 1 heteroatoms. The first-order valence-corrected chi connectivity index (χ1v) is 6.73. The van der Waals surface area contributed by atoms with E-state index in [0.717, 1.165) is 0 Å². The number of hydrogen-bond donors (Lipinski definition) is 0. The van der Waals surface area contributed by atoms with E-state index in [1.54, 1.807) is 5.30 Å². The van der Waals surface area contributed by atoms with Crippen LogP contribution in [-0.2, 0) is 0 Å². The summed E-state index contributed by atoms with van der Waals surface area (Å²) < 4.78 is 0. The molecular formula is C12H19P. The Hall–Kier alpha value is -0.350. The van der Waals surface area contributed by atoms with Crippen molar-refractivity contribution in [1.82, 2.24) is 0 Å². The molecule has 0 amide bonds. The fourth-order valence-electron chi connectivity index (χ4n) is 1.64. The molecule has 0 unspecified atom stereocenters. The van der Waals surface area contributed by atoms with Crippen LogP contribution < -0.4 is 5.30 Å². The molecule has 0 atom stereocenters. The molecule has 0 aliphatic carbocycles. The van der Waals surface area contributed by atoms with Gasteiger partial charge in [0.1, 0.15) is 0 Å². The SMILES string of the molecule is CCP(CC)c1cccc(C)c1C. The van der Waals surface area contributed by atoms with E-state index in [1.807, 2.05) is 0 Å². The van der Waals surface area contributed by atoms with Crippen molar-refractivity contribution >= 4 is 13.2 Å². The summed E-state index contributed by atoms with van der Waals surface area (Å²) in [5, 5.41) is 1.61. The second-order valence-electron chi connectivity index (χ2n) is 3.39. The lowest BCUT2D eigenvalue weighted by Gasteiger charge is -2.17.